The largest absolute Gasteiger partial charge is 0.493 e. The lowest BCUT2D eigenvalue weighted by molar-refractivity contribution is -0.129. The summed E-state index contributed by atoms with van der Waals surface area (Å²) in [7, 11) is 3.21. The highest BCUT2D eigenvalue weighted by Gasteiger charge is 2.42. The summed E-state index contributed by atoms with van der Waals surface area (Å²) < 4.78 is 12.3. The van der Waals surface area contributed by atoms with Crippen LogP contribution in [0.4, 0.5) is 5.82 Å². The second-order valence-electron chi connectivity index (χ2n) is 7.92. The molecule has 0 saturated carbocycles. The van der Waals surface area contributed by atoms with Crippen LogP contribution >= 0.6 is 0 Å². The minimum atomic E-state index is 0.159. The lowest BCUT2D eigenvalue weighted by Crippen LogP contribution is -2.34. The highest BCUT2D eigenvalue weighted by Crippen LogP contribution is 2.34. The molecule has 9 heteroatoms. The van der Waals surface area contributed by atoms with Crippen LogP contribution in [0.25, 0.3) is 5.65 Å². The van der Waals surface area contributed by atoms with E-state index in [1.54, 1.807) is 25.1 Å². The fraction of sp³-hybridized carbons (Fsp3) is 0.429. The van der Waals surface area contributed by atoms with E-state index in [1.165, 1.54) is 0 Å². The van der Waals surface area contributed by atoms with E-state index in [0.29, 0.717) is 29.8 Å². The Morgan fingerprint density at radius 1 is 1.03 bits per heavy atom. The number of rotatable bonds is 5. The Morgan fingerprint density at radius 2 is 1.80 bits per heavy atom. The first-order valence-corrected chi connectivity index (χ1v) is 10.1. The molecule has 3 aromatic rings. The average molecular weight is 408 g/mol. The molecule has 0 N–H and O–H groups in total. The third-order valence-corrected chi connectivity index (χ3v) is 6.11. The van der Waals surface area contributed by atoms with Gasteiger partial charge in [0.15, 0.2) is 17.1 Å². The van der Waals surface area contributed by atoms with Gasteiger partial charge in [-0.2, -0.15) is 4.52 Å². The molecule has 2 unspecified atom stereocenters. The normalized spacial score (nSPS) is 20.6. The second kappa shape index (κ2) is 7.47. The molecular formula is C21H24N6O3. The minimum absolute atomic E-state index is 0.159. The van der Waals surface area contributed by atoms with Gasteiger partial charge in [0.2, 0.25) is 5.91 Å². The molecular weight excluding hydrogens is 384 g/mol. The van der Waals surface area contributed by atoms with Gasteiger partial charge < -0.3 is 19.3 Å². The maximum absolute atomic E-state index is 12.9. The Kier molecular flexibility index (Phi) is 4.65. The van der Waals surface area contributed by atoms with Gasteiger partial charge in [-0.3, -0.25) is 4.79 Å². The van der Waals surface area contributed by atoms with E-state index < -0.39 is 0 Å². The summed E-state index contributed by atoms with van der Waals surface area (Å²) in [6.45, 7) is 3.40. The topological polar surface area (TPSA) is 85.1 Å². The van der Waals surface area contributed by atoms with Gasteiger partial charge in [-0.25, -0.2) is 0 Å². The Balaban J connectivity index is 1.21. The summed E-state index contributed by atoms with van der Waals surface area (Å²) in [4.78, 5) is 17.2. The maximum Gasteiger partial charge on any atom is 0.227 e. The molecule has 2 atom stereocenters. The number of carbonyl (C=O) groups excluding carboxylic acids is 1. The highest BCUT2D eigenvalue weighted by atomic mass is 16.5. The number of nitrogens with zero attached hydrogens (tertiary/aromatic N) is 6. The molecule has 1 aromatic carbocycles. The summed E-state index contributed by atoms with van der Waals surface area (Å²) >= 11 is 0. The van der Waals surface area contributed by atoms with E-state index in [1.807, 2.05) is 35.2 Å². The number of carbonyl (C=O) groups is 1. The standard InChI is InChI=1S/C21H24N6O3/c1-29-17-4-3-14(7-18(17)30-2)8-21(28)26-11-15-9-25(10-16(15)12-26)20-6-5-19-23-22-13-27(19)24-20/h3-7,13,15-16H,8-12H2,1-2H3. The van der Waals surface area contributed by atoms with Crippen LogP contribution < -0.4 is 14.4 Å². The van der Waals surface area contributed by atoms with E-state index >= 15 is 0 Å². The first-order chi connectivity index (χ1) is 14.6. The van der Waals surface area contributed by atoms with Gasteiger partial charge in [-0.1, -0.05) is 6.07 Å². The van der Waals surface area contributed by atoms with Crippen molar-refractivity contribution in [3.63, 3.8) is 0 Å². The number of hydrogen-bond donors (Lipinski definition) is 0. The second-order valence-corrected chi connectivity index (χ2v) is 7.92. The molecule has 156 valence electrons. The van der Waals surface area contributed by atoms with E-state index in [2.05, 4.69) is 20.2 Å². The molecule has 30 heavy (non-hydrogen) atoms. The zero-order valence-electron chi connectivity index (χ0n) is 17.1. The highest BCUT2D eigenvalue weighted by molar-refractivity contribution is 5.79. The zero-order valence-corrected chi connectivity index (χ0v) is 17.1. The molecule has 4 heterocycles. The lowest BCUT2D eigenvalue weighted by Gasteiger charge is -2.22. The van der Waals surface area contributed by atoms with Crippen molar-refractivity contribution < 1.29 is 14.3 Å². The Labute approximate surface area is 174 Å². The van der Waals surface area contributed by atoms with E-state index in [-0.39, 0.29) is 5.91 Å². The van der Waals surface area contributed by atoms with E-state index in [0.717, 1.165) is 43.2 Å². The van der Waals surface area contributed by atoms with Crippen molar-refractivity contribution in [1.82, 2.24) is 24.7 Å². The van der Waals surface area contributed by atoms with Crippen LogP contribution in [0, 0.1) is 11.8 Å². The third kappa shape index (κ3) is 3.30. The van der Waals surface area contributed by atoms with Gasteiger partial charge in [-0.05, 0) is 29.8 Å². The molecule has 0 bridgehead atoms. The molecule has 2 fully saturated rings. The lowest BCUT2D eigenvalue weighted by atomic mass is 10.0. The predicted molar refractivity (Wildman–Crippen MR) is 110 cm³/mol. The number of benzene rings is 1. The Morgan fingerprint density at radius 3 is 2.53 bits per heavy atom. The van der Waals surface area contributed by atoms with Crippen molar-refractivity contribution >= 4 is 17.4 Å². The molecule has 2 aliphatic rings. The predicted octanol–water partition coefficient (Wildman–Crippen LogP) is 1.28. The number of anilines is 1. The van der Waals surface area contributed by atoms with E-state index in [4.69, 9.17) is 9.47 Å². The first kappa shape index (κ1) is 18.7. The molecule has 2 aliphatic heterocycles. The summed E-state index contributed by atoms with van der Waals surface area (Å²) in [5, 5.41) is 12.5. The van der Waals surface area contributed by atoms with Gasteiger partial charge in [0.1, 0.15) is 12.1 Å². The maximum atomic E-state index is 12.9. The van der Waals surface area contributed by atoms with E-state index in [9.17, 15) is 4.79 Å². The van der Waals surface area contributed by atoms with Crippen LogP contribution in [0.2, 0.25) is 0 Å². The van der Waals surface area contributed by atoms with Crippen LogP contribution in [0.5, 0.6) is 11.5 Å². The van der Waals surface area contributed by atoms with Crippen molar-refractivity contribution in [2.24, 2.45) is 11.8 Å². The first-order valence-electron chi connectivity index (χ1n) is 10.1. The number of likely N-dealkylation sites (tertiary alicyclic amines) is 1. The number of amides is 1. The van der Waals surface area contributed by atoms with Crippen LogP contribution in [-0.2, 0) is 11.2 Å². The van der Waals surface area contributed by atoms with Crippen molar-refractivity contribution in [3.05, 3.63) is 42.2 Å². The number of ether oxygens (including phenoxy) is 2. The number of methoxy groups -OCH3 is 2. The average Bonchev–Trinajstić information content (AvgIpc) is 3.47. The van der Waals surface area contributed by atoms with Crippen LogP contribution in [0.1, 0.15) is 5.56 Å². The SMILES string of the molecule is COc1ccc(CC(=O)N2CC3CN(c4ccc5nncn5n4)CC3C2)cc1OC. The molecule has 0 radical (unpaired) electrons. The minimum Gasteiger partial charge on any atom is -0.493 e. The number of fused-ring (bicyclic) bond motifs is 2. The molecule has 2 aromatic heterocycles. The fourth-order valence-electron chi connectivity index (χ4n) is 4.55. The molecule has 0 aliphatic carbocycles. The molecule has 0 spiro atoms. The zero-order chi connectivity index (χ0) is 20.7. The van der Waals surface area contributed by atoms with Crippen LogP contribution in [-0.4, -0.2) is 71.0 Å². The van der Waals surface area contributed by atoms with Crippen molar-refractivity contribution in [1.29, 1.82) is 0 Å². The summed E-state index contributed by atoms with van der Waals surface area (Å²) in [6, 6.07) is 9.57. The molecule has 5 rings (SSSR count). The fourth-order valence-corrected chi connectivity index (χ4v) is 4.55. The molecule has 9 nitrogen and oxygen atoms in total. The smallest absolute Gasteiger partial charge is 0.227 e. The van der Waals surface area contributed by atoms with Gasteiger partial charge in [-0.15, -0.1) is 15.3 Å². The molecule has 1 amide bonds. The monoisotopic (exact) mass is 408 g/mol. The van der Waals surface area contributed by atoms with Gasteiger partial charge in [0.05, 0.1) is 20.6 Å². The van der Waals surface area contributed by atoms with Crippen molar-refractivity contribution in [2.45, 2.75) is 6.42 Å². The van der Waals surface area contributed by atoms with Crippen molar-refractivity contribution in [2.75, 3.05) is 45.3 Å². The number of aromatic nitrogens is 4. The van der Waals surface area contributed by atoms with Crippen LogP contribution in [0.15, 0.2) is 36.7 Å². The van der Waals surface area contributed by atoms with Gasteiger partial charge in [0, 0.05) is 38.0 Å². The quantitative estimate of drug-likeness (QED) is 0.629. The van der Waals surface area contributed by atoms with Crippen molar-refractivity contribution in [3.8, 4) is 11.5 Å². The van der Waals surface area contributed by atoms with Gasteiger partial charge >= 0.3 is 0 Å². The van der Waals surface area contributed by atoms with Gasteiger partial charge in [0.25, 0.3) is 0 Å². The number of hydrogen-bond acceptors (Lipinski definition) is 7. The Bertz CT molecular complexity index is 1070. The Hall–Kier alpha value is -3.36. The summed E-state index contributed by atoms with van der Waals surface area (Å²) in [6.07, 6.45) is 1.99. The molecule has 2 saturated heterocycles. The van der Waals surface area contributed by atoms with Crippen LogP contribution in [0.3, 0.4) is 0 Å². The summed E-state index contributed by atoms with van der Waals surface area (Å²) in [5.41, 5.74) is 1.67. The third-order valence-electron chi connectivity index (χ3n) is 6.11. The summed E-state index contributed by atoms with van der Waals surface area (Å²) in [5.74, 6) is 3.35.